The minimum Gasteiger partial charge on any atom is -0.464 e. The number of nitro groups is 2. The molecule has 9 heteroatoms. The molecular formula is C26H21N3O6. The van der Waals surface area contributed by atoms with E-state index >= 15 is 0 Å². The van der Waals surface area contributed by atoms with Crippen molar-refractivity contribution in [3.63, 3.8) is 0 Å². The van der Waals surface area contributed by atoms with Gasteiger partial charge in [0.25, 0.3) is 11.4 Å². The van der Waals surface area contributed by atoms with Crippen molar-refractivity contribution >= 4 is 23.0 Å². The zero-order valence-corrected chi connectivity index (χ0v) is 18.7. The summed E-state index contributed by atoms with van der Waals surface area (Å²) in [5.74, 6) is -1.13. The van der Waals surface area contributed by atoms with E-state index in [1.807, 2.05) is 36.4 Å². The Morgan fingerprint density at radius 2 is 1.34 bits per heavy atom. The number of hydrogen-bond donors (Lipinski definition) is 0. The molecule has 1 aliphatic rings. The molecule has 0 saturated carbocycles. The van der Waals surface area contributed by atoms with E-state index in [9.17, 15) is 25.0 Å². The van der Waals surface area contributed by atoms with E-state index in [0.29, 0.717) is 5.69 Å². The highest BCUT2D eigenvalue weighted by molar-refractivity contribution is 5.94. The molecule has 0 radical (unpaired) electrons. The molecule has 0 fully saturated rings. The largest absolute Gasteiger partial charge is 0.464 e. The summed E-state index contributed by atoms with van der Waals surface area (Å²) in [5.41, 5.74) is 2.47. The van der Waals surface area contributed by atoms with Gasteiger partial charge in [-0.1, -0.05) is 48.5 Å². The third kappa shape index (κ3) is 4.93. The lowest BCUT2D eigenvalue weighted by molar-refractivity contribution is -0.385. The number of methoxy groups -OCH3 is 1. The van der Waals surface area contributed by atoms with Crippen LogP contribution in [0.3, 0.4) is 0 Å². The smallest absolute Gasteiger partial charge is 0.354 e. The molecule has 1 heterocycles. The Labute approximate surface area is 200 Å². The highest BCUT2D eigenvalue weighted by atomic mass is 16.6. The van der Waals surface area contributed by atoms with Gasteiger partial charge in [-0.2, -0.15) is 0 Å². The molecule has 3 aromatic rings. The van der Waals surface area contributed by atoms with Gasteiger partial charge in [0.2, 0.25) is 0 Å². The number of nitrogens with zero attached hydrogens (tertiary/aromatic N) is 3. The highest BCUT2D eigenvalue weighted by Crippen LogP contribution is 2.40. The minimum atomic E-state index is -0.571. The summed E-state index contributed by atoms with van der Waals surface area (Å²) in [4.78, 5) is 35.8. The van der Waals surface area contributed by atoms with Crippen molar-refractivity contribution in [2.24, 2.45) is 0 Å². The molecule has 4 rings (SSSR count). The fourth-order valence-corrected chi connectivity index (χ4v) is 4.08. The van der Waals surface area contributed by atoms with E-state index in [1.54, 1.807) is 41.4 Å². The van der Waals surface area contributed by atoms with Crippen LogP contribution in [0.4, 0.5) is 17.1 Å². The topological polar surface area (TPSA) is 116 Å². The van der Waals surface area contributed by atoms with Crippen molar-refractivity contribution in [3.8, 4) is 0 Å². The standard InChI is InChI=1S/C26H21N3O6/c1-35-26(30)25-17-24(18-5-3-2-4-6-18)23(19-7-9-21(10-8-19)28(31)32)15-16-27(25)20-11-13-22(14-12-20)29(33)34/h2-17,23-24H,1H3/t23-,24+/m1/s1. The summed E-state index contributed by atoms with van der Waals surface area (Å²) < 4.78 is 5.06. The zero-order valence-electron chi connectivity index (χ0n) is 18.7. The Bertz CT molecular complexity index is 1300. The van der Waals surface area contributed by atoms with Gasteiger partial charge in [-0.05, 0) is 29.3 Å². The maximum Gasteiger partial charge on any atom is 0.354 e. The van der Waals surface area contributed by atoms with Gasteiger partial charge >= 0.3 is 5.97 Å². The molecule has 0 aliphatic carbocycles. The molecule has 2 atom stereocenters. The fraction of sp³-hybridized carbons (Fsp3) is 0.115. The number of rotatable bonds is 6. The van der Waals surface area contributed by atoms with E-state index in [2.05, 4.69) is 0 Å². The first kappa shape index (κ1) is 23.4. The van der Waals surface area contributed by atoms with Crippen molar-refractivity contribution in [2.45, 2.75) is 11.8 Å². The number of ether oxygens (including phenoxy) is 1. The van der Waals surface area contributed by atoms with Crippen LogP contribution in [-0.2, 0) is 9.53 Å². The average Bonchev–Trinajstić information content (AvgIpc) is 3.09. The Morgan fingerprint density at radius 1 is 0.800 bits per heavy atom. The summed E-state index contributed by atoms with van der Waals surface area (Å²) >= 11 is 0. The first-order valence-corrected chi connectivity index (χ1v) is 10.7. The molecule has 0 unspecified atom stereocenters. The monoisotopic (exact) mass is 471 g/mol. The molecule has 0 saturated heterocycles. The summed E-state index contributed by atoms with van der Waals surface area (Å²) in [5, 5.41) is 22.2. The number of hydrogen-bond acceptors (Lipinski definition) is 7. The maximum atomic E-state index is 12.9. The number of non-ortho nitro benzene ring substituents is 2. The van der Waals surface area contributed by atoms with Crippen molar-refractivity contribution in [1.29, 1.82) is 0 Å². The normalized spacial score (nSPS) is 17.3. The second-order valence-corrected chi connectivity index (χ2v) is 7.84. The van der Waals surface area contributed by atoms with Gasteiger partial charge in [0, 0.05) is 48.0 Å². The Kier molecular flexibility index (Phi) is 6.68. The van der Waals surface area contributed by atoms with E-state index in [1.165, 1.54) is 31.4 Å². The molecule has 0 aromatic heterocycles. The van der Waals surface area contributed by atoms with Gasteiger partial charge in [0.1, 0.15) is 5.70 Å². The molecular weight excluding hydrogens is 450 g/mol. The third-order valence-corrected chi connectivity index (χ3v) is 5.83. The second kappa shape index (κ2) is 10.0. The van der Waals surface area contributed by atoms with Gasteiger partial charge in [0.05, 0.1) is 17.0 Å². The second-order valence-electron chi connectivity index (χ2n) is 7.84. The quantitative estimate of drug-likeness (QED) is 0.266. The van der Waals surface area contributed by atoms with Crippen molar-refractivity contribution in [2.75, 3.05) is 12.0 Å². The van der Waals surface area contributed by atoms with Gasteiger partial charge in [-0.3, -0.25) is 20.2 Å². The Balaban J connectivity index is 1.86. The average molecular weight is 471 g/mol. The van der Waals surface area contributed by atoms with E-state index in [-0.39, 0.29) is 28.9 Å². The van der Waals surface area contributed by atoms with E-state index in [0.717, 1.165) is 11.1 Å². The number of allylic oxidation sites excluding steroid dienone is 2. The number of esters is 1. The maximum absolute atomic E-state index is 12.9. The van der Waals surface area contributed by atoms with Gasteiger partial charge in [-0.15, -0.1) is 0 Å². The Hall–Kier alpha value is -4.79. The van der Waals surface area contributed by atoms with Crippen LogP contribution in [0.25, 0.3) is 0 Å². The molecule has 3 aromatic carbocycles. The lowest BCUT2D eigenvalue weighted by atomic mass is 9.81. The predicted molar refractivity (Wildman–Crippen MR) is 130 cm³/mol. The molecule has 0 amide bonds. The molecule has 0 spiro atoms. The van der Waals surface area contributed by atoms with E-state index in [4.69, 9.17) is 4.74 Å². The first-order chi connectivity index (χ1) is 16.9. The van der Waals surface area contributed by atoms with Crippen LogP contribution < -0.4 is 4.90 Å². The summed E-state index contributed by atoms with van der Waals surface area (Å²) in [6, 6.07) is 21.8. The molecule has 35 heavy (non-hydrogen) atoms. The third-order valence-electron chi connectivity index (χ3n) is 5.83. The van der Waals surface area contributed by atoms with Crippen LogP contribution in [0.15, 0.2) is 103 Å². The summed E-state index contributed by atoms with van der Waals surface area (Å²) in [7, 11) is 1.29. The van der Waals surface area contributed by atoms with Crippen LogP contribution in [0.2, 0.25) is 0 Å². The molecule has 1 aliphatic heterocycles. The molecule has 0 N–H and O–H groups in total. The minimum absolute atomic E-state index is 0.0130. The number of nitro benzene ring substituents is 2. The van der Waals surface area contributed by atoms with E-state index < -0.39 is 15.8 Å². The van der Waals surface area contributed by atoms with Crippen molar-refractivity contribution < 1.29 is 19.4 Å². The fourth-order valence-electron chi connectivity index (χ4n) is 4.08. The molecule has 9 nitrogen and oxygen atoms in total. The summed E-state index contributed by atoms with van der Waals surface area (Å²) in [6.45, 7) is 0. The molecule has 0 bridgehead atoms. The summed E-state index contributed by atoms with van der Waals surface area (Å²) in [6.07, 6.45) is 5.43. The van der Waals surface area contributed by atoms with Crippen LogP contribution in [0.5, 0.6) is 0 Å². The SMILES string of the molecule is COC(=O)C1=C[C@@H](c2ccccc2)[C@@H](c2ccc([N+](=O)[O-])cc2)C=CN1c1ccc([N+](=O)[O-])cc1. The van der Waals surface area contributed by atoms with Crippen LogP contribution in [0.1, 0.15) is 23.0 Å². The highest BCUT2D eigenvalue weighted by Gasteiger charge is 2.29. The number of carbonyl (C=O) groups is 1. The van der Waals surface area contributed by atoms with Crippen molar-refractivity contribution in [1.82, 2.24) is 0 Å². The zero-order chi connectivity index (χ0) is 24.9. The van der Waals surface area contributed by atoms with Crippen molar-refractivity contribution in [3.05, 3.63) is 134 Å². The van der Waals surface area contributed by atoms with Gasteiger partial charge < -0.3 is 9.64 Å². The van der Waals surface area contributed by atoms with Crippen LogP contribution in [-0.4, -0.2) is 22.9 Å². The number of anilines is 1. The number of carbonyl (C=O) groups excluding carboxylic acids is 1. The molecule has 176 valence electrons. The van der Waals surface area contributed by atoms with Crippen LogP contribution >= 0.6 is 0 Å². The number of benzene rings is 3. The lowest BCUT2D eigenvalue weighted by Gasteiger charge is -2.23. The first-order valence-electron chi connectivity index (χ1n) is 10.7. The van der Waals surface area contributed by atoms with Gasteiger partial charge in [-0.25, -0.2) is 4.79 Å². The van der Waals surface area contributed by atoms with Crippen LogP contribution in [0, 0.1) is 20.2 Å². The Morgan fingerprint density at radius 3 is 1.89 bits per heavy atom. The predicted octanol–water partition coefficient (Wildman–Crippen LogP) is 5.46. The lowest BCUT2D eigenvalue weighted by Crippen LogP contribution is -2.23. The van der Waals surface area contributed by atoms with Gasteiger partial charge in [0.15, 0.2) is 0 Å².